The minimum atomic E-state index is -0.383. The Morgan fingerprint density at radius 2 is 1.21 bits per heavy atom. The molecule has 0 saturated carbocycles. The Bertz CT molecular complexity index is 1050. The Balaban J connectivity index is 2.95. The van der Waals surface area contributed by atoms with Gasteiger partial charge in [0.25, 0.3) is 0 Å². The molecule has 1 aromatic carbocycles. The number of ether oxygens (including phenoxy) is 1. The summed E-state index contributed by atoms with van der Waals surface area (Å²) in [6.07, 6.45) is 3.77. The summed E-state index contributed by atoms with van der Waals surface area (Å²) in [5, 5.41) is 0. The van der Waals surface area contributed by atoms with E-state index in [0.717, 1.165) is 22.3 Å². The SMILES string of the molecule is CC(=O)Oc1c(N=C2C=C(C(C)(C)C)C(=O)C(C(C)(C)C)=C2)cc(C(C)(C)C)cc1C(C)(C)C. The first-order valence-corrected chi connectivity index (χ1v) is 12.1. The molecule has 0 aromatic heterocycles. The molecule has 0 unspecified atom stereocenters. The molecular weight excluding hydrogens is 422 g/mol. The summed E-state index contributed by atoms with van der Waals surface area (Å²) in [7, 11) is 0. The first-order chi connectivity index (χ1) is 15.1. The number of ketones is 1. The van der Waals surface area contributed by atoms with E-state index >= 15 is 0 Å². The second-order valence-electron chi connectivity index (χ2n) is 13.4. The lowest BCUT2D eigenvalue weighted by Crippen LogP contribution is -2.29. The fraction of sp³-hybridized carbons (Fsp3) is 0.567. The fourth-order valence-electron chi connectivity index (χ4n) is 3.87. The maximum atomic E-state index is 13.3. The second-order valence-corrected chi connectivity index (χ2v) is 13.4. The first-order valence-electron chi connectivity index (χ1n) is 12.1. The zero-order valence-corrected chi connectivity index (χ0v) is 23.5. The van der Waals surface area contributed by atoms with Crippen molar-refractivity contribution in [2.45, 2.75) is 101 Å². The number of nitrogens with zero attached hydrogens (tertiary/aromatic N) is 1. The van der Waals surface area contributed by atoms with E-state index in [1.54, 1.807) is 0 Å². The lowest BCUT2D eigenvalue weighted by atomic mass is 9.72. The second kappa shape index (κ2) is 8.94. The van der Waals surface area contributed by atoms with Crippen LogP contribution in [0.25, 0.3) is 0 Å². The van der Waals surface area contributed by atoms with Crippen LogP contribution in [-0.4, -0.2) is 17.5 Å². The Kier molecular flexibility index (Phi) is 7.30. The van der Waals surface area contributed by atoms with Crippen molar-refractivity contribution in [3.8, 4) is 5.75 Å². The normalized spacial score (nSPS) is 15.7. The van der Waals surface area contributed by atoms with Gasteiger partial charge >= 0.3 is 5.97 Å². The van der Waals surface area contributed by atoms with Gasteiger partial charge < -0.3 is 4.74 Å². The zero-order valence-electron chi connectivity index (χ0n) is 23.5. The monoisotopic (exact) mass is 465 g/mol. The largest absolute Gasteiger partial charge is 0.424 e. The summed E-state index contributed by atoms with van der Waals surface area (Å²) < 4.78 is 5.77. The summed E-state index contributed by atoms with van der Waals surface area (Å²) in [5.41, 5.74) is 3.76. The van der Waals surface area contributed by atoms with Crippen LogP contribution in [-0.2, 0) is 20.4 Å². The molecule has 1 aliphatic carbocycles. The predicted octanol–water partition coefficient (Wildman–Crippen LogP) is 7.81. The third-order valence-corrected chi connectivity index (χ3v) is 5.93. The number of carbonyl (C=O) groups excluding carboxylic acids is 2. The third-order valence-electron chi connectivity index (χ3n) is 5.93. The van der Waals surface area contributed by atoms with Gasteiger partial charge in [0.1, 0.15) is 5.69 Å². The van der Waals surface area contributed by atoms with Crippen LogP contribution in [0.1, 0.15) is 101 Å². The molecule has 34 heavy (non-hydrogen) atoms. The number of allylic oxidation sites excluding steroid dienone is 4. The number of benzene rings is 1. The van der Waals surface area contributed by atoms with Crippen molar-refractivity contribution < 1.29 is 14.3 Å². The van der Waals surface area contributed by atoms with Crippen molar-refractivity contribution in [2.75, 3.05) is 0 Å². The Labute approximate surface area is 206 Å². The van der Waals surface area contributed by atoms with Crippen LogP contribution in [0.15, 0.2) is 40.4 Å². The van der Waals surface area contributed by atoms with Gasteiger partial charge in [-0.2, -0.15) is 0 Å². The molecule has 0 saturated heterocycles. The van der Waals surface area contributed by atoms with Crippen LogP contribution >= 0.6 is 0 Å². The standard InChI is InChI=1S/C30H43NO3/c1-18(32)34-26-23(30(11,12)13)14-19(27(2,3)4)15-24(26)31-20-16-21(28(5,6)7)25(33)22(17-20)29(8,9)10/h14-17H,1-13H3. The van der Waals surface area contributed by atoms with Crippen LogP contribution in [0, 0.1) is 10.8 Å². The Hall–Kier alpha value is -2.49. The summed E-state index contributed by atoms with van der Waals surface area (Å²) in [6.45, 7) is 26.5. The van der Waals surface area contributed by atoms with E-state index in [1.165, 1.54) is 6.92 Å². The highest BCUT2D eigenvalue weighted by atomic mass is 16.5. The van der Waals surface area contributed by atoms with Crippen LogP contribution in [0.2, 0.25) is 0 Å². The molecule has 0 amide bonds. The molecule has 4 heteroatoms. The van der Waals surface area contributed by atoms with Gasteiger partial charge in [0, 0.05) is 23.6 Å². The van der Waals surface area contributed by atoms with E-state index in [0.29, 0.717) is 17.1 Å². The van der Waals surface area contributed by atoms with Crippen molar-refractivity contribution in [3.05, 3.63) is 46.6 Å². The number of aliphatic imine (C=N–C) groups is 1. The average molecular weight is 466 g/mol. The lowest BCUT2D eigenvalue weighted by molar-refractivity contribution is -0.131. The molecule has 0 atom stereocenters. The van der Waals surface area contributed by atoms with Crippen LogP contribution < -0.4 is 4.74 Å². The summed E-state index contributed by atoms with van der Waals surface area (Å²) >= 11 is 0. The number of esters is 1. The fourth-order valence-corrected chi connectivity index (χ4v) is 3.87. The van der Waals surface area contributed by atoms with Gasteiger partial charge in [0.05, 0.1) is 5.71 Å². The predicted molar refractivity (Wildman–Crippen MR) is 142 cm³/mol. The van der Waals surface area contributed by atoms with Gasteiger partial charge in [-0.1, -0.05) is 89.2 Å². The number of hydrogen-bond donors (Lipinski definition) is 0. The molecule has 186 valence electrons. The molecule has 0 bridgehead atoms. The average Bonchev–Trinajstić information content (AvgIpc) is 2.60. The summed E-state index contributed by atoms with van der Waals surface area (Å²) in [4.78, 5) is 30.4. The molecule has 0 N–H and O–H groups in total. The molecule has 0 fully saturated rings. The van der Waals surface area contributed by atoms with E-state index in [2.05, 4.69) is 47.6 Å². The minimum absolute atomic E-state index is 0.0676. The molecule has 4 nitrogen and oxygen atoms in total. The van der Waals surface area contributed by atoms with Crippen molar-refractivity contribution in [2.24, 2.45) is 15.8 Å². The molecule has 1 aromatic rings. The number of carbonyl (C=O) groups is 2. The minimum Gasteiger partial charge on any atom is -0.424 e. The van der Waals surface area contributed by atoms with Crippen LogP contribution in [0.4, 0.5) is 5.69 Å². The number of hydrogen-bond acceptors (Lipinski definition) is 4. The summed E-state index contributed by atoms with van der Waals surface area (Å²) in [5.74, 6) is 0.165. The van der Waals surface area contributed by atoms with Gasteiger partial charge in [-0.25, -0.2) is 4.99 Å². The maximum absolute atomic E-state index is 13.3. The van der Waals surface area contributed by atoms with Crippen LogP contribution in [0.5, 0.6) is 5.75 Å². The topological polar surface area (TPSA) is 55.7 Å². The Morgan fingerprint density at radius 3 is 1.56 bits per heavy atom. The van der Waals surface area contributed by atoms with Gasteiger partial charge in [-0.15, -0.1) is 0 Å². The van der Waals surface area contributed by atoms with Crippen LogP contribution in [0.3, 0.4) is 0 Å². The number of Topliss-reactive ketones (excluding diaryl/α,β-unsaturated/α-hetero) is 1. The van der Waals surface area contributed by atoms with Crippen molar-refractivity contribution in [1.82, 2.24) is 0 Å². The zero-order chi connectivity index (χ0) is 26.4. The van der Waals surface area contributed by atoms with E-state index in [4.69, 9.17) is 9.73 Å². The Morgan fingerprint density at radius 1 is 0.735 bits per heavy atom. The highest BCUT2D eigenvalue weighted by molar-refractivity contribution is 6.23. The van der Waals surface area contributed by atoms with Crippen molar-refractivity contribution in [1.29, 1.82) is 0 Å². The quantitative estimate of drug-likeness (QED) is 0.254. The molecule has 2 rings (SSSR count). The molecule has 0 radical (unpaired) electrons. The van der Waals surface area contributed by atoms with Gasteiger partial charge in [-0.05, 0) is 45.4 Å². The van der Waals surface area contributed by atoms with E-state index in [9.17, 15) is 9.59 Å². The van der Waals surface area contributed by atoms with Crippen molar-refractivity contribution >= 4 is 23.2 Å². The summed E-state index contributed by atoms with van der Waals surface area (Å²) in [6, 6.07) is 4.13. The number of rotatable bonds is 2. The smallest absolute Gasteiger partial charge is 0.308 e. The van der Waals surface area contributed by atoms with E-state index in [1.807, 2.05) is 59.8 Å². The van der Waals surface area contributed by atoms with Gasteiger partial charge in [0.2, 0.25) is 0 Å². The molecular formula is C30H43NO3. The molecule has 0 heterocycles. The first kappa shape index (κ1) is 27.8. The molecule has 0 aliphatic heterocycles. The van der Waals surface area contributed by atoms with Gasteiger partial charge in [0.15, 0.2) is 11.5 Å². The molecule has 0 spiro atoms. The highest BCUT2D eigenvalue weighted by Gasteiger charge is 2.35. The maximum Gasteiger partial charge on any atom is 0.308 e. The third kappa shape index (κ3) is 6.34. The molecule has 1 aliphatic rings. The lowest BCUT2D eigenvalue weighted by Gasteiger charge is -2.31. The highest BCUT2D eigenvalue weighted by Crippen LogP contribution is 2.44. The van der Waals surface area contributed by atoms with Crippen molar-refractivity contribution in [3.63, 3.8) is 0 Å². The van der Waals surface area contributed by atoms with Gasteiger partial charge in [-0.3, -0.25) is 9.59 Å². The van der Waals surface area contributed by atoms with E-state index < -0.39 is 0 Å². The van der Waals surface area contributed by atoms with E-state index in [-0.39, 0.29) is 33.4 Å².